The average molecular weight is 568 g/mol. The van der Waals surface area contributed by atoms with Gasteiger partial charge in [-0.15, -0.1) is 11.3 Å². The Bertz CT molecular complexity index is 2200. The largest absolute Gasteiger partial charge is 0.337 e. The van der Waals surface area contributed by atoms with Crippen LogP contribution in [0.25, 0.3) is 53.2 Å². The first-order chi connectivity index (χ1) is 21.3. The van der Waals surface area contributed by atoms with Crippen LogP contribution in [0.2, 0.25) is 0 Å². The maximum absolute atomic E-state index is 2.46. The first kappa shape index (κ1) is 25.5. The molecule has 1 heterocycles. The van der Waals surface area contributed by atoms with Crippen molar-refractivity contribution in [3.05, 3.63) is 169 Å². The van der Waals surface area contributed by atoms with E-state index in [9.17, 15) is 0 Å². The van der Waals surface area contributed by atoms with E-state index in [0.29, 0.717) is 0 Å². The van der Waals surface area contributed by atoms with E-state index in [1.807, 2.05) is 11.3 Å². The van der Waals surface area contributed by atoms with Gasteiger partial charge in [-0.25, -0.2) is 0 Å². The molecule has 0 aliphatic heterocycles. The normalized spacial score (nSPS) is 11.3. The summed E-state index contributed by atoms with van der Waals surface area (Å²) in [5.41, 5.74) is 8.62. The molecule has 0 saturated heterocycles. The highest BCUT2D eigenvalue weighted by Crippen LogP contribution is 2.41. The van der Waals surface area contributed by atoms with Crippen molar-refractivity contribution in [3.63, 3.8) is 0 Å². The number of nitrogens with zero attached hydrogens (tertiary/aromatic N) is 1. The molecule has 0 spiro atoms. The van der Waals surface area contributed by atoms with Crippen LogP contribution in [0.5, 0.6) is 0 Å². The predicted octanol–water partition coefficient (Wildman–Crippen LogP) is 11.9. The summed E-state index contributed by atoms with van der Waals surface area (Å²) >= 11 is 1.89. The quantitative estimate of drug-likeness (QED) is 0.193. The third kappa shape index (κ3) is 4.76. The molecular weight excluding hydrogens is 539 g/mol. The first-order valence-electron chi connectivity index (χ1n) is 14.7. The molecule has 0 aliphatic rings. The molecular formula is C41H29NS. The van der Waals surface area contributed by atoms with Gasteiger partial charge in [0, 0.05) is 38.1 Å². The number of hydrogen-bond donors (Lipinski definition) is 0. The Morgan fingerprint density at radius 2 is 1.09 bits per heavy atom. The molecule has 0 N–H and O–H groups in total. The summed E-state index contributed by atoms with van der Waals surface area (Å²) in [6.07, 6.45) is 0. The SMILES string of the molecule is c1ccc(-c2ccc(N(Cc3ccccc3-c3ccccc3)c3ccc4sc5c6ccccc6ccc5c4c3)cc2)cc1. The Morgan fingerprint density at radius 3 is 1.91 bits per heavy atom. The van der Waals surface area contributed by atoms with Gasteiger partial charge in [-0.2, -0.15) is 0 Å². The molecule has 1 nitrogen and oxygen atoms in total. The van der Waals surface area contributed by atoms with Crippen LogP contribution < -0.4 is 4.90 Å². The van der Waals surface area contributed by atoms with Crippen LogP contribution in [0.3, 0.4) is 0 Å². The number of fused-ring (bicyclic) bond motifs is 5. The second-order valence-electron chi connectivity index (χ2n) is 11.0. The first-order valence-corrected chi connectivity index (χ1v) is 15.5. The highest BCUT2D eigenvalue weighted by Gasteiger charge is 2.16. The highest BCUT2D eigenvalue weighted by atomic mass is 32.1. The predicted molar refractivity (Wildman–Crippen MR) is 186 cm³/mol. The molecule has 2 heteroatoms. The maximum Gasteiger partial charge on any atom is 0.0487 e. The highest BCUT2D eigenvalue weighted by molar-refractivity contribution is 7.26. The van der Waals surface area contributed by atoms with Crippen LogP contribution >= 0.6 is 11.3 Å². The lowest BCUT2D eigenvalue weighted by atomic mass is 9.98. The van der Waals surface area contributed by atoms with Gasteiger partial charge in [0.05, 0.1) is 0 Å². The molecule has 0 radical (unpaired) electrons. The molecule has 204 valence electrons. The summed E-state index contributed by atoms with van der Waals surface area (Å²) in [6, 6.07) is 59.3. The van der Waals surface area contributed by atoms with E-state index in [0.717, 1.165) is 6.54 Å². The third-order valence-electron chi connectivity index (χ3n) is 8.37. The van der Waals surface area contributed by atoms with Crippen LogP contribution in [0.4, 0.5) is 11.4 Å². The number of benzene rings is 7. The molecule has 0 bridgehead atoms. The molecule has 0 saturated carbocycles. The zero-order valence-electron chi connectivity index (χ0n) is 23.7. The number of anilines is 2. The van der Waals surface area contributed by atoms with E-state index in [4.69, 9.17) is 0 Å². The minimum Gasteiger partial charge on any atom is -0.337 e. The minimum absolute atomic E-state index is 0.756. The van der Waals surface area contributed by atoms with Gasteiger partial charge >= 0.3 is 0 Å². The Morgan fingerprint density at radius 1 is 0.442 bits per heavy atom. The molecule has 0 atom stereocenters. The zero-order valence-corrected chi connectivity index (χ0v) is 24.5. The molecule has 0 unspecified atom stereocenters. The average Bonchev–Trinajstić information content (AvgIpc) is 3.47. The Labute approximate surface area is 255 Å². The number of thiophene rings is 1. The van der Waals surface area contributed by atoms with E-state index < -0.39 is 0 Å². The van der Waals surface area contributed by atoms with E-state index in [1.165, 1.54) is 70.1 Å². The molecule has 7 aromatic carbocycles. The van der Waals surface area contributed by atoms with Crippen LogP contribution in [-0.2, 0) is 6.54 Å². The van der Waals surface area contributed by atoms with Gasteiger partial charge in [-0.1, -0.05) is 133 Å². The fraction of sp³-hybridized carbons (Fsp3) is 0.0244. The zero-order chi connectivity index (χ0) is 28.6. The van der Waals surface area contributed by atoms with E-state index in [2.05, 4.69) is 169 Å². The smallest absolute Gasteiger partial charge is 0.0487 e. The van der Waals surface area contributed by atoms with Crippen molar-refractivity contribution in [3.8, 4) is 22.3 Å². The summed E-state index contributed by atoms with van der Waals surface area (Å²) in [5.74, 6) is 0. The Kier molecular flexibility index (Phi) is 6.47. The fourth-order valence-electron chi connectivity index (χ4n) is 6.18. The minimum atomic E-state index is 0.756. The van der Waals surface area contributed by atoms with Gasteiger partial charge in [-0.05, 0) is 68.9 Å². The molecule has 43 heavy (non-hydrogen) atoms. The van der Waals surface area contributed by atoms with Crippen molar-refractivity contribution in [2.45, 2.75) is 6.54 Å². The van der Waals surface area contributed by atoms with Gasteiger partial charge in [0.15, 0.2) is 0 Å². The second-order valence-corrected chi connectivity index (χ2v) is 12.0. The van der Waals surface area contributed by atoms with E-state index >= 15 is 0 Å². The van der Waals surface area contributed by atoms with E-state index in [-0.39, 0.29) is 0 Å². The standard InChI is InChI=1S/C41H29NS/c1-3-11-29(12-4-1)30-19-22-34(23-20-30)42(28-33-16-8-9-17-36(33)31-13-5-2-6-14-31)35-24-26-40-39(27-35)38-25-21-32-15-7-10-18-37(32)41(38)43-40/h1-27H,28H2. The molecule has 1 aromatic heterocycles. The van der Waals surface area contributed by atoms with Crippen LogP contribution in [0, 0.1) is 0 Å². The van der Waals surface area contributed by atoms with Crippen LogP contribution in [0.1, 0.15) is 5.56 Å². The lowest BCUT2D eigenvalue weighted by Gasteiger charge is -2.27. The topological polar surface area (TPSA) is 3.24 Å². The summed E-state index contributed by atoms with van der Waals surface area (Å²) in [5, 5.41) is 5.25. The third-order valence-corrected chi connectivity index (χ3v) is 9.59. The van der Waals surface area contributed by atoms with Crippen LogP contribution in [-0.4, -0.2) is 0 Å². The molecule has 8 aromatic rings. The van der Waals surface area contributed by atoms with E-state index in [1.54, 1.807) is 0 Å². The lowest BCUT2D eigenvalue weighted by Crippen LogP contribution is -2.17. The molecule has 0 fully saturated rings. The number of rotatable bonds is 6. The summed E-state index contributed by atoms with van der Waals surface area (Å²) in [7, 11) is 0. The van der Waals surface area contributed by atoms with Crippen molar-refractivity contribution >= 4 is 53.7 Å². The fourth-order valence-corrected chi connectivity index (χ4v) is 7.40. The lowest BCUT2D eigenvalue weighted by molar-refractivity contribution is 0.979. The van der Waals surface area contributed by atoms with Crippen molar-refractivity contribution in [2.24, 2.45) is 0 Å². The molecule has 8 rings (SSSR count). The Hall–Kier alpha value is -5.18. The summed E-state index contributed by atoms with van der Waals surface area (Å²) in [6.45, 7) is 0.756. The summed E-state index contributed by atoms with van der Waals surface area (Å²) in [4.78, 5) is 2.46. The second kappa shape index (κ2) is 10.9. The molecule has 0 amide bonds. The van der Waals surface area contributed by atoms with Gasteiger partial charge in [0.2, 0.25) is 0 Å². The summed E-state index contributed by atoms with van der Waals surface area (Å²) < 4.78 is 2.68. The van der Waals surface area contributed by atoms with Crippen LogP contribution in [0.15, 0.2) is 164 Å². The van der Waals surface area contributed by atoms with Crippen molar-refractivity contribution in [2.75, 3.05) is 4.90 Å². The molecule has 0 aliphatic carbocycles. The maximum atomic E-state index is 2.46. The van der Waals surface area contributed by atoms with Crippen molar-refractivity contribution in [1.29, 1.82) is 0 Å². The van der Waals surface area contributed by atoms with Gasteiger partial charge in [-0.3, -0.25) is 0 Å². The van der Waals surface area contributed by atoms with Crippen molar-refractivity contribution in [1.82, 2.24) is 0 Å². The van der Waals surface area contributed by atoms with Gasteiger partial charge in [0.1, 0.15) is 0 Å². The van der Waals surface area contributed by atoms with Gasteiger partial charge in [0.25, 0.3) is 0 Å². The monoisotopic (exact) mass is 567 g/mol. The van der Waals surface area contributed by atoms with Gasteiger partial charge < -0.3 is 4.90 Å². The number of hydrogen-bond acceptors (Lipinski definition) is 2. The Balaban J connectivity index is 1.27. The van der Waals surface area contributed by atoms with Crippen molar-refractivity contribution < 1.29 is 0 Å².